The molecule has 0 N–H and O–H groups in total. The number of nitriles is 1. The van der Waals surface area contributed by atoms with E-state index in [1.54, 1.807) is 12.1 Å². The lowest BCUT2D eigenvalue weighted by Crippen LogP contribution is -1.87. The quantitative estimate of drug-likeness (QED) is 0.735. The van der Waals surface area contributed by atoms with Crippen molar-refractivity contribution >= 4 is 23.2 Å². The molecule has 0 fully saturated rings. The van der Waals surface area contributed by atoms with E-state index < -0.39 is 5.82 Å². The molecule has 0 heterocycles. The minimum atomic E-state index is -0.423. The lowest BCUT2D eigenvalue weighted by atomic mass is 10.0. The number of hydrogen-bond acceptors (Lipinski definition) is 1. The van der Waals surface area contributed by atoms with Gasteiger partial charge in [0.15, 0.2) is 0 Å². The first kappa shape index (κ1) is 11.9. The largest absolute Gasteiger partial charge is 0.206 e. The minimum Gasteiger partial charge on any atom is -0.206 e. The van der Waals surface area contributed by atoms with Gasteiger partial charge in [-0.1, -0.05) is 29.3 Å². The number of benzene rings is 2. The van der Waals surface area contributed by atoms with Gasteiger partial charge in [-0.05, 0) is 30.3 Å². The van der Waals surface area contributed by atoms with E-state index in [2.05, 4.69) is 0 Å². The second-order valence-electron chi connectivity index (χ2n) is 3.43. The van der Waals surface area contributed by atoms with E-state index in [1.807, 2.05) is 6.07 Å². The minimum absolute atomic E-state index is 0.297. The van der Waals surface area contributed by atoms with Crippen LogP contribution in [-0.4, -0.2) is 0 Å². The highest BCUT2D eigenvalue weighted by Crippen LogP contribution is 2.32. The lowest BCUT2D eigenvalue weighted by Gasteiger charge is -2.06. The predicted molar refractivity (Wildman–Crippen MR) is 66.6 cm³/mol. The predicted octanol–water partition coefficient (Wildman–Crippen LogP) is 4.67. The summed E-state index contributed by atoms with van der Waals surface area (Å²) in [5.74, 6) is -0.423. The average molecular weight is 266 g/mol. The normalized spacial score (nSPS) is 10.0. The molecule has 0 bridgehead atoms. The third kappa shape index (κ3) is 2.41. The first-order chi connectivity index (χ1) is 8.11. The molecule has 1 nitrogen and oxygen atoms in total. The molecule has 0 aliphatic heterocycles. The molecule has 0 atom stereocenters. The van der Waals surface area contributed by atoms with Crippen molar-refractivity contribution in [2.45, 2.75) is 0 Å². The van der Waals surface area contributed by atoms with Gasteiger partial charge < -0.3 is 0 Å². The first-order valence-electron chi connectivity index (χ1n) is 4.77. The Kier molecular flexibility index (Phi) is 3.33. The summed E-state index contributed by atoms with van der Waals surface area (Å²) in [6.07, 6.45) is 0. The van der Waals surface area contributed by atoms with Crippen LogP contribution in [0.4, 0.5) is 4.39 Å². The molecule has 0 unspecified atom stereocenters. The van der Waals surface area contributed by atoms with E-state index in [0.29, 0.717) is 26.7 Å². The number of halogens is 3. The fourth-order valence-corrected chi connectivity index (χ4v) is 2.02. The molecular formula is C13H6Cl2FN. The lowest BCUT2D eigenvalue weighted by molar-refractivity contribution is 0.631. The van der Waals surface area contributed by atoms with E-state index in [0.717, 1.165) is 0 Å². The van der Waals surface area contributed by atoms with Crippen molar-refractivity contribution in [3.05, 3.63) is 57.8 Å². The van der Waals surface area contributed by atoms with Crippen LogP contribution in [-0.2, 0) is 0 Å². The molecule has 0 amide bonds. The summed E-state index contributed by atoms with van der Waals surface area (Å²) in [7, 11) is 0. The standard InChI is InChI=1S/C13H6Cl2FN/c14-9-2-3-10(12(15)6-9)11-5-8(7-17)1-4-13(11)16/h1-6H. The molecule has 0 radical (unpaired) electrons. The van der Waals surface area contributed by atoms with Crippen LogP contribution in [0.15, 0.2) is 36.4 Å². The Morgan fingerprint density at radius 2 is 1.76 bits per heavy atom. The zero-order valence-electron chi connectivity index (χ0n) is 8.55. The molecule has 84 valence electrons. The maximum atomic E-state index is 13.7. The van der Waals surface area contributed by atoms with Crippen LogP contribution in [0.2, 0.25) is 10.0 Å². The summed E-state index contributed by atoms with van der Waals surface area (Å²) in [6.45, 7) is 0. The molecule has 0 spiro atoms. The molecule has 2 rings (SSSR count). The second kappa shape index (κ2) is 4.75. The fourth-order valence-electron chi connectivity index (χ4n) is 1.51. The van der Waals surface area contributed by atoms with E-state index in [-0.39, 0.29) is 0 Å². The molecule has 0 saturated carbocycles. The summed E-state index contributed by atoms with van der Waals surface area (Å²) in [5.41, 5.74) is 1.20. The van der Waals surface area contributed by atoms with Gasteiger partial charge in [0.05, 0.1) is 11.6 Å². The highest BCUT2D eigenvalue weighted by atomic mass is 35.5. The van der Waals surface area contributed by atoms with Crippen LogP contribution in [0.25, 0.3) is 11.1 Å². The molecule has 2 aromatic carbocycles. The van der Waals surface area contributed by atoms with Gasteiger partial charge in [0.1, 0.15) is 5.82 Å². The Labute approximate surface area is 108 Å². The van der Waals surface area contributed by atoms with Gasteiger partial charge in [0.2, 0.25) is 0 Å². The van der Waals surface area contributed by atoms with Crippen molar-refractivity contribution in [3.63, 3.8) is 0 Å². The highest BCUT2D eigenvalue weighted by molar-refractivity contribution is 6.36. The summed E-state index contributed by atoms with van der Waals surface area (Å²) in [4.78, 5) is 0. The van der Waals surface area contributed by atoms with Crippen LogP contribution >= 0.6 is 23.2 Å². The van der Waals surface area contributed by atoms with Gasteiger partial charge in [-0.2, -0.15) is 5.26 Å². The first-order valence-corrected chi connectivity index (χ1v) is 5.52. The van der Waals surface area contributed by atoms with E-state index in [9.17, 15) is 4.39 Å². The zero-order chi connectivity index (χ0) is 12.4. The third-order valence-electron chi connectivity index (χ3n) is 2.32. The van der Waals surface area contributed by atoms with Crippen molar-refractivity contribution in [2.24, 2.45) is 0 Å². The van der Waals surface area contributed by atoms with Crippen LogP contribution in [0.1, 0.15) is 5.56 Å². The Bertz CT molecular complexity index is 617. The zero-order valence-corrected chi connectivity index (χ0v) is 10.1. The Morgan fingerprint density at radius 3 is 2.41 bits per heavy atom. The summed E-state index contributed by atoms with van der Waals surface area (Å²) in [6, 6.07) is 10.9. The van der Waals surface area contributed by atoms with Crippen molar-refractivity contribution in [2.75, 3.05) is 0 Å². The van der Waals surface area contributed by atoms with Crippen molar-refractivity contribution < 1.29 is 4.39 Å². The van der Waals surface area contributed by atoms with Crippen molar-refractivity contribution in [1.82, 2.24) is 0 Å². The van der Waals surface area contributed by atoms with Crippen LogP contribution < -0.4 is 0 Å². The van der Waals surface area contributed by atoms with E-state index >= 15 is 0 Å². The van der Waals surface area contributed by atoms with Gasteiger partial charge in [-0.3, -0.25) is 0 Å². The molecule has 2 aromatic rings. The Balaban J connectivity index is 2.64. The monoisotopic (exact) mass is 265 g/mol. The summed E-state index contributed by atoms with van der Waals surface area (Å²) in [5, 5.41) is 9.62. The SMILES string of the molecule is N#Cc1ccc(F)c(-c2ccc(Cl)cc2Cl)c1. The summed E-state index contributed by atoms with van der Waals surface area (Å²) >= 11 is 11.8. The van der Waals surface area contributed by atoms with Gasteiger partial charge in [-0.25, -0.2) is 4.39 Å². The topological polar surface area (TPSA) is 23.8 Å². The van der Waals surface area contributed by atoms with Crippen LogP contribution in [0.3, 0.4) is 0 Å². The smallest absolute Gasteiger partial charge is 0.131 e. The van der Waals surface area contributed by atoms with Gasteiger partial charge >= 0.3 is 0 Å². The third-order valence-corrected chi connectivity index (χ3v) is 2.86. The van der Waals surface area contributed by atoms with Gasteiger partial charge in [0.25, 0.3) is 0 Å². The van der Waals surface area contributed by atoms with Gasteiger partial charge in [-0.15, -0.1) is 0 Å². The van der Waals surface area contributed by atoms with E-state index in [1.165, 1.54) is 24.3 Å². The number of nitrogens with zero attached hydrogens (tertiary/aromatic N) is 1. The average Bonchev–Trinajstić information content (AvgIpc) is 2.30. The molecule has 0 aromatic heterocycles. The maximum absolute atomic E-state index is 13.7. The molecule has 0 saturated heterocycles. The molecule has 0 aliphatic carbocycles. The molecule has 0 aliphatic rings. The van der Waals surface area contributed by atoms with Crippen molar-refractivity contribution in [1.29, 1.82) is 5.26 Å². The Hall–Kier alpha value is -1.56. The summed E-state index contributed by atoms with van der Waals surface area (Å²) < 4.78 is 13.7. The Morgan fingerprint density at radius 1 is 1.00 bits per heavy atom. The fraction of sp³-hybridized carbons (Fsp3) is 0. The van der Waals surface area contributed by atoms with Gasteiger partial charge in [0, 0.05) is 21.2 Å². The van der Waals surface area contributed by atoms with E-state index in [4.69, 9.17) is 28.5 Å². The molecule has 17 heavy (non-hydrogen) atoms. The maximum Gasteiger partial charge on any atom is 0.131 e. The second-order valence-corrected chi connectivity index (χ2v) is 4.27. The van der Waals surface area contributed by atoms with Crippen LogP contribution in [0.5, 0.6) is 0 Å². The number of hydrogen-bond donors (Lipinski definition) is 0. The van der Waals surface area contributed by atoms with Crippen LogP contribution in [0, 0.1) is 17.1 Å². The van der Waals surface area contributed by atoms with Crippen molar-refractivity contribution in [3.8, 4) is 17.2 Å². The molecule has 4 heteroatoms. The highest BCUT2D eigenvalue weighted by Gasteiger charge is 2.10. The molecular weight excluding hydrogens is 260 g/mol. The number of rotatable bonds is 1.